The summed E-state index contributed by atoms with van der Waals surface area (Å²) in [6, 6.07) is 1.69. The van der Waals surface area contributed by atoms with E-state index in [0.717, 1.165) is 19.4 Å². The molecule has 3 N–H and O–H groups in total. The first kappa shape index (κ1) is 12.4. The van der Waals surface area contributed by atoms with Crippen molar-refractivity contribution >= 4 is 17.6 Å². The van der Waals surface area contributed by atoms with E-state index >= 15 is 0 Å². The molecule has 0 aliphatic rings. The Morgan fingerprint density at radius 2 is 2.25 bits per heavy atom. The van der Waals surface area contributed by atoms with Crippen LogP contribution in [0.1, 0.15) is 19.8 Å². The van der Waals surface area contributed by atoms with Gasteiger partial charge >= 0.3 is 5.95 Å². The summed E-state index contributed by atoms with van der Waals surface area (Å²) in [5.74, 6) is 1.08. The normalized spacial score (nSPS) is 10.2. The molecule has 0 bridgehead atoms. The lowest BCUT2D eigenvalue weighted by atomic mass is 10.3. The van der Waals surface area contributed by atoms with Gasteiger partial charge in [-0.2, -0.15) is 0 Å². The number of nitrogen functional groups attached to an aromatic ring is 1. The van der Waals surface area contributed by atoms with Gasteiger partial charge in [0.25, 0.3) is 0 Å². The Morgan fingerprint density at radius 1 is 1.56 bits per heavy atom. The minimum absolute atomic E-state index is 0.0369. The Morgan fingerprint density at radius 3 is 2.81 bits per heavy atom. The number of aromatic nitrogens is 2. The highest BCUT2D eigenvalue weighted by Gasteiger charge is 2.11. The fourth-order valence-electron chi connectivity index (χ4n) is 1.24. The van der Waals surface area contributed by atoms with Gasteiger partial charge < -0.3 is 21.2 Å². The molecule has 0 aromatic carbocycles. The lowest BCUT2D eigenvalue weighted by Gasteiger charge is -2.16. The third-order valence-electron chi connectivity index (χ3n) is 2.22. The monoisotopic (exact) mass is 225 g/mol. The van der Waals surface area contributed by atoms with Crippen molar-refractivity contribution in [2.24, 2.45) is 0 Å². The molecule has 6 nitrogen and oxygen atoms in total. The molecule has 0 spiro atoms. The molecule has 0 atom stereocenters. The quantitative estimate of drug-likeness (QED) is 0.435. The van der Waals surface area contributed by atoms with Gasteiger partial charge in [0.15, 0.2) is 11.6 Å². The van der Waals surface area contributed by atoms with Gasteiger partial charge in [0.05, 0.1) is 6.07 Å². The van der Waals surface area contributed by atoms with Crippen molar-refractivity contribution in [1.29, 1.82) is 0 Å². The molecule has 1 aromatic heterocycles. The Bertz CT molecular complexity index is 353. The van der Waals surface area contributed by atoms with Crippen LogP contribution in [0.5, 0.6) is 0 Å². The Kier molecular flexibility index (Phi) is 4.16. The standard InChI is InChI=1S/C10H19N5O/c1-4-5-6-12-8-7-9(14(2)3)13-10(11)15(8)16/h7,12H,4-6H2,1-3H3,(H2,11,13). The Hall–Kier alpha value is -1.72. The highest BCUT2D eigenvalue weighted by atomic mass is 16.5. The molecule has 1 heterocycles. The fourth-order valence-corrected chi connectivity index (χ4v) is 1.24. The molecule has 0 saturated heterocycles. The van der Waals surface area contributed by atoms with E-state index < -0.39 is 0 Å². The van der Waals surface area contributed by atoms with Crippen LogP contribution in [0, 0.1) is 5.21 Å². The van der Waals surface area contributed by atoms with Gasteiger partial charge in [-0.15, -0.1) is 0 Å². The molecule has 0 unspecified atom stereocenters. The lowest BCUT2D eigenvalue weighted by Crippen LogP contribution is -2.36. The van der Waals surface area contributed by atoms with Crippen molar-refractivity contribution in [1.82, 2.24) is 4.98 Å². The number of unbranched alkanes of at least 4 members (excludes halogenated alkanes) is 1. The second-order valence-corrected chi connectivity index (χ2v) is 3.83. The van der Waals surface area contributed by atoms with Crippen LogP contribution in [-0.2, 0) is 0 Å². The molecule has 0 aliphatic heterocycles. The van der Waals surface area contributed by atoms with E-state index in [-0.39, 0.29) is 5.95 Å². The van der Waals surface area contributed by atoms with E-state index in [9.17, 15) is 5.21 Å². The minimum Gasteiger partial charge on any atom is -0.754 e. The number of nitrogens with zero attached hydrogens (tertiary/aromatic N) is 3. The zero-order valence-corrected chi connectivity index (χ0v) is 10.0. The van der Waals surface area contributed by atoms with Crippen LogP contribution in [0.15, 0.2) is 6.07 Å². The van der Waals surface area contributed by atoms with Gasteiger partial charge in [0, 0.05) is 20.6 Å². The highest BCUT2D eigenvalue weighted by molar-refractivity contribution is 5.47. The van der Waals surface area contributed by atoms with Crippen LogP contribution in [0.25, 0.3) is 0 Å². The fraction of sp³-hybridized carbons (Fsp3) is 0.600. The average molecular weight is 225 g/mol. The van der Waals surface area contributed by atoms with Crippen molar-refractivity contribution in [2.75, 3.05) is 36.6 Å². The van der Waals surface area contributed by atoms with Crippen LogP contribution in [-0.4, -0.2) is 25.6 Å². The van der Waals surface area contributed by atoms with Gasteiger partial charge in [-0.1, -0.05) is 18.3 Å². The molecule has 90 valence electrons. The number of hydrogen-bond acceptors (Lipinski definition) is 5. The van der Waals surface area contributed by atoms with Crippen LogP contribution in [0.4, 0.5) is 17.6 Å². The SMILES string of the molecule is CCCCNc1cc(N(C)C)nc(N)[n+]1[O-]. The zero-order chi connectivity index (χ0) is 12.1. The van der Waals surface area contributed by atoms with E-state index in [1.165, 1.54) is 0 Å². The molecule has 6 heteroatoms. The van der Waals surface area contributed by atoms with Crippen LogP contribution >= 0.6 is 0 Å². The summed E-state index contributed by atoms with van der Waals surface area (Å²) < 4.78 is 0.614. The summed E-state index contributed by atoms with van der Waals surface area (Å²) in [5.41, 5.74) is 5.54. The molecular formula is C10H19N5O. The van der Waals surface area contributed by atoms with Gasteiger partial charge in [0.1, 0.15) is 0 Å². The summed E-state index contributed by atoms with van der Waals surface area (Å²) in [7, 11) is 3.71. The van der Waals surface area contributed by atoms with E-state index in [0.29, 0.717) is 16.4 Å². The van der Waals surface area contributed by atoms with E-state index in [2.05, 4.69) is 17.2 Å². The summed E-state index contributed by atoms with van der Waals surface area (Å²) in [5, 5.41) is 14.6. The van der Waals surface area contributed by atoms with Crippen molar-refractivity contribution in [3.8, 4) is 0 Å². The summed E-state index contributed by atoms with van der Waals surface area (Å²) >= 11 is 0. The van der Waals surface area contributed by atoms with Gasteiger partial charge in [-0.05, 0) is 6.42 Å². The Labute approximate surface area is 95.7 Å². The summed E-state index contributed by atoms with van der Waals surface area (Å²) in [4.78, 5) is 5.78. The predicted molar refractivity (Wildman–Crippen MR) is 65.3 cm³/mol. The maximum absolute atomic E-state index is 11.6. The van der Waals surface area contributed by atoms with Crippen molar-refractivity contribution < 1.29 is 4.73 Å². The maximum Gasteiger partial charge on any atom is 0.346 e. The second kappa shape index (κ2) is 5.39. The molecule has 0 fully saturated rings. The molecule has 0 saturated carbocycles. The molecule has 0 amide bonds. The smallest absolute Gasteiger partial charge is 0.346 e. The maximum atomic E-state index is 11.6. The summed E-state index contributed by atoms with van der Waals surface area (Å²) in [6.07, 6.45) is 2.09. The third kappa shape index (κ3) is 2.88. The van der Waals surface area contributed by atoms with Crippen molar-refractivity contribution in [2.45, 2.75) is 19.8 Å². The first-order valence-corrected chi connectivity index (χ1v) is 5.37. The molecule has 0 aliphatic carbocycles. The Balaban J connectivity index is 2.88. The van der Waals surface area contributed by atoms with E-state index in [1.54, 1.807) is 11.0 Å². The van der Waals surface area contributed by atoms with Crippen molar-refractivity contribution in [3.63, 3.8) is 0 Å². The van der Waals surface area contributed by atoms with Crippen molar-refractivity contribution in [3.05, 3.63) is 11.3 Å². The molecule has 1 aromatic rings. The van der Waals surface area contributed by atoms with E-state index in [4.69, 9.17) is 5.73 Å². The van der Waals surface area contributed by atoms with Gasteiger partial charge in [0.2, 0.25) is 0 Å². The van der Waals surface area contributed by atoms with Crippen LogP contribution in [0.3, 0.4) is 0 Å². The lowest BCUT2D eigenvalue weighted by molar-refractivity contribution is -0.577. The van der Waals surface area contributed by atoms with Crippen LogP contribution in [0.2, 0.25) is 0 Å². The predicted octanol–water partition coefficient (Wildman–Crippen LogP) is 0.575. The largest absolute Gasteiger partial charge is 0.754 e. The number of rotatable bonds is 5. The minimum atomic E-state index is -0.0369. The molecular weight excluding hydrogens is 206 g/mol. The zero-order valence-electron chi connectivity index (χ0n) is 10.0. The van der Waals surface area contributed by atoms with Gasteiger partial charge in [-0.25, -0.2) is 4.73 Å². The molecule has 1 rings (SSSR count). The van der Waals surface area contributed by atoms with Gasteiger partial charge in [-0.3, -0.25) is 0 Å². The highest BCUT2D eigenvalue weighted by Crippen LogP contribution is 2.12. The van der Waals surface area contributed by atoms with Crippen LogP contribution < -0.4 is 20.7 Å². The molecule has 16 heavy (non-hydrogen) atoms. The average Bonchev–Trinajstić information content (AvgIpc) is 2.24. The van der Waals surface area contributed by atoms with E-state index in [1.807, 2.05) is 14.1 Å². The second-order valence-electron chi connectivity index (χ2n) is 3.83. The summed E-state index contributed by atoms with van der Waals surface area (Å²) in [6.45, 7) is 2.86. The first-order valence-electron chi connectivity index (χ1n) is 5.37. The number of anilines is 3. The third-order valence-corrected chi connectivity index (χ3v) is 2.22. The number of hydrogen-bond donors (Lipinski definition) is 2. The number of nitrogens with one attached hydrogen (secondary N) is 1. The molecule has 0 radical (unpaired) electrons. The number of nitrogens with two attached hydrogens (primary N) is 1. The topological polar surface area (TPSA) is 81.1 Å². The first-order chi connectivity index (χ1) is 7.56.